The minimum atomic E-state index is -0.675. The number of thioether (sulfide) groups is 1. The van der Waals surface area contributed by atoms with Crippen LogP contribution in [-0.2, 0) is 40.1 Å². The molecule has 0 saturated carbocycles. The molecule has 15 heteroatoms. The lowest BCUT2D eigenvalue weighted by Gasteiger charge is -2.14. The molecule has 2 heterocycles. The second kappa shape index (κ2) is 14.6. The van der Waals surface area contributed by atoms with Crippen LogP contribution < -0.4 is 15.4 Å². The number of thiophene rings is 1. The number of hydrogen-bond acceptors (Lipinski definition) is 11. The third-order valence-corrected chi connectivity index (χ3v) is 9.53. The van der Waals surface area contributed by atoms with Gasteiger partial charge in [-0.25, -0.2) is 4.79 Å². The summed E-state index contributed by atoms with van der Waals surface area (Å²) in [5.41, 5.74) is 2.59. The van der Waals surface area contributed by atoms with Gasteiger partial charge < -0.3 is 20.1 Å². The third-order valence-electron chi connectivity index (χ3n) is 7.28. The maximum Gasteiger partial charge on any atom is 0.341 e. The molecule has 0 aliphatic heterocycles. The van der Waals surface area contributed by atoms with E-state index in [-0.39, 0.29) is 37.1 Å². The maximum absolute atomic E-state index is 13.4. The average molecular weight is 665 g/mol. The predicted octanol–water partition coefficient (Wildman–Crippen LogP) is 4.89. The van der Waals surface area contributed by atoms with Gasteiger partial charge in [0.1, 0.15) is 10.8 Å². The zero-order valence-electron chi connectivity index (χ0n) is 25.4. The molecule has 5 rings (SSSR count). The Labute approximate surface area is 272 Å². The zero-order valence-corrected chi connectivity index (χ0v) is 27.0. The van der Waals surface area contributed by atoms with Gasteiger partial charge in [0.05, 0.1) is 42.4 Å². The third kappa shape index (κ3) is 7.37. The van der Waals surface area contributed by atoms with Gasteiger partial charge in [0.2, 0.25) is 11.8 Å². The van der Waals surface area contributed by atoms with Crippen LogP contribution in [0.3, 0.4) is 0 Å². The number of benzene rings is 2. The number of hydrogen-bond donors (Lipinski definition) is 2. The quantitative estimate of drug-likeness (QED) is 0.0869. The number of nitro groups is 1. The van der Waals surface area contributed by atoms with Gasteiger partial charge in [-0.3, -0.25) is 24.3 Å². The maximum atomic E-state index is 13.4. The number of carbonyl (C=O) groups is 3. The number of ether oxygens (including phenoxy) is 2. The smallest absolute Gasteiger partial charge is 0.341 e. The number of rotatable bonds is 13. The molecule has 2 amide bonds. The molecule has 1 unspecified atom stereocenters. The topological polar surface area (TPSA) is 168 Å². The van der Waals surface area contributed by atoms with E-state index in [0.717, 1.165) is 47.0 Å². The Kier molecular flexibility index (Phi) is 10.3. The number of nitrogens with one attached hydrogen (secondary N) is 2. The summed E-state index contributed by atoms with van der Waals surface area (Å²) >= 11 is 2.52. The molecule has 0 saturated heterocycles. The highest BCUT2D eigenvalue weighted by Gasteiger charge is 2.30. The van der Waals surface area contributed by atoms with Crippen molar-refractivity contribution in [2.45, 2.75) is 56.5 Å². The second-order valence-corrected chi connectivity index (χ2v) is 12.8. The lowest BCUT2D eigenvalue weighted by molar-refractivity contribution is -0.384. The molecule has 1 atom stereocenters. The van der Waals surface area contributed by atoms with Crippen molar-refractivity contribution in [3.05, 3.63) is 86.0 Å². The number of methoxy groups -OCH3 is 1. The highest BCUT2D eigenvalue weighted by Crippen LogP contribution is 2.40. The van der Waals surface area contributed by atoms with E-state index < -0.39 is 16.1 Å². The van der Waals surface area contributed by atoms with E-state index >= 15 is 0 Å². The van der Waals surface area contributed by atoms with E-state index in [1.807, 2.05) is 0 Å². The molecule has 0 bridgehead atoms. The summed E-state index contributed by atoms with van der Waals surface area (Å²) in [7, 11) is 1.57. The number of nitrogens with zero attached hydrogens (tertiary/aromatic N) is 4. The molecule has 2 aromatic carbocycles. The number of amides is 2. The van der Waals surface area contributed by atoms with Crippen LogP contribution in [-0.4, -0.2) is 56.4 Å². The Morgan fingerprint density at radius 1 is 1.11 bits per heavy atom. The molecule has 1 aliphatic rings. The number of aromatic nitrogens is 3. The van der Waals surface area contributed by atoms with Crippen molar-refractivity contribution >= 4 is 51.6 Å². The molecule has 46 heavy (non-hydrogen) atoms. The summed E-state index contributed by atoms with van der Waals surface area (Å²) in [6.07, 6.45) is 2.70. The van der Waals surface area contributed by atoms with Gasteiger partial charge >= 0.3 is 5.97 Å². The molecule has 13 nitrogen and oxygen atoms in total. The van der Waals surface area contributed by atoms with Gasteiger partial charge in [0.25, 0.3) is 5.69 Å². The first kappa shape index (κ1) is 32.6. The summed E-state index contributed by atoms with van der Waals surface area (Å²) in [6, 6.07) is 13.0. The van der Waals surface area contributed by atoms with Gasteiger partial charge in [-0.1, -0.05) is 23.9 Å². The zero-order chi connectivity index (χ0) is 32.8. The summed E-state index contributed by atoms with van der Waals surface area (Å²) in [5.74, 6) is 0.0147. The molecule has 2 aromatic heterocycles. The van der Waals surface area contributed by atoms with Crippen LogP contribution in [0.25, 0.3) is 5.69 Å². The fourth-order valence-electron chi connectivity index (χ4n) is 4.98. The van der Waals surface area contributed by atoms with Crippen LogP contribution in [0.2, 0.25) is 0 Å². The lowest BCUT2D eigenvalue weighted by Crippen LogP contribution is -2.26. The monoisotopic (exact) mass is 664 g/mol. The van der Waals surface area contributed by atoms with Crippen LogP contribution in [0.1, 0.15) is 52.5 Å². The highest BCUT2D eigenvalue weighted by molar-refractivity contribution is 8.00. The van der Waals surface area contributed by atoms with Crippen LogP contribution in [0.15, 0.2) is 53.7 Å². The predicted molar refractivity (Wildman–Crippen MR) is 173 cm³/mol. The number of anilines is 1. The molecule has 0 spiro atoms. The van der Waals surface area contributed by atoms with E-state index in [9.17, 15) is 24.5 Å². The molecule has 0 radical (unpaired) electrons. The normalized spacial score (nSPS) is 12.7. The van der Waals surface area contributed by atoms with E-state index in [2.05, 4.69) is 20.8 Å². The van der Waals surface area contributed by atoms with Crippen LogP contribution in [0.4, 0.5) is 10.7 Å². The Morgan fingerprint density at radius 2 is 1.85 bits per heavy atom. The van der Waals surface area contributed by atoms with E-state index in [1.54, 1.807) is 61.9 Å². The van der Waals surface area contributed by atoms with Crippen LogP contribution in [0, 0.1) is 10.1 Å². The van der Waals surface area contributed by atoms with Crippen LogP contribution in [0.5, 0.6) is 5.75 Å². The van der Waals surface area contributed by atoms with Gasteiger partial charge in [-0.05, 0) is 68.5 Å². The van der Waals surface area contributed by atoms with Crippen molar-refractivity contribution in [1.82, 2.24) is 20.1 Å². The summed E-state index contributed by atoms with van der Waals surface area (Å²) < 4.78 is 12.1. The minimum Gasteiger partial charge on any atom is -0.497 e. The van der Waals surface area contributed by atoms with E-state index in [1.165, 1.54) is 23.5 Å². The summed E-state index contributed by atoms with van der Waals surface area (Å²) in [5, 5.41) is 25.7. The first-order valence-corrected chi connectivity index (χ1v) is 16.3. The molecular formula is C31H32N6O7S2. The van der Waals surface area contributed by atoms with Crippen molar-refractivity contribution in [3.63, 3.8) is 0 Å². The first-order chi connectivity index (χ1) is 22.2. The molecular weight excluding hydrogens is 633 g/mol. The number of carbonyl (C=O) groups excluding carboxylic acids is 3. The lowest BCUT2D eigenvalue weighted by atomic mass is 10.1. The molecule has 1 aliphatic carbocycles. The van der Waals surface area contributed by atoms with Gasteiger partial charge in [0.15, 0.2) is 11.0 Å². The van der Waals surface area contributed by atoms with Crippen molar-refractivity contribution in [1.29, 1.82) is 0 Å². The SMILES string of the molecule is CCOC(=O)c1c(NC(=O)C(C)Sc2nnc(CNC(=O)Cc3ccc(OC)cc3)n2-c2ccc([N+](=O)[O-])cc2)sc2c1CCC2. The van der Waals surface area contributed by atoms with Crippen molar-refractivity contribution in [2.75, 3.05) is 19.0 Å². The number of nitro benzene ring substituents is 1. The van der Waals surface area contributed by atoms with Gasteiger partial charge in [-0.2, -0.15) is 0 Å². The Bertz CT molecular complexity index is 1750. The molecule has 4 aromatic rings. The molecule has 0 fully saturated rings. The fraction of sp³-hybridized carbons (Fsp3) is 0.323. The fourth-order valence-corrected chi connectivity index (χ4v) is 7.15. The first-order valence-electron chi connectivity index (χ1n) is 14.6. The van der Waals surface area contributed by atoms with Crippen molar-refractivity contribution < 1.29 is 28.8 Å². The Balaban J connectivity index is 1.34. The number of aryl methyl sites for hydroxylation is 1. The minimum absolute atomic E-state index is 0.0176. The van der Waals surface area contributed by atoms with Gasteiger partial charge in [-0.15, -0.1) is 21.5 Å². The number of esters is 1. The molecule has 240 valence electrons. The Morgan fingerprint density at radius 3 is 2.52 bits per heavy atom. The summed E-state index contributed by atoms with van der Waals surface area (Å²) in [6.45, 7) is 3.69. The standard InChI is InChI=1S/C31H32N6O7S2/c1-4-44-30(40)27-23-6-5-7-24(23)46-29(27)33-28(39)18(2)45-31-35-34-25(36(31)20-10-12-21(13-11-20)37(41)42)17-32-26(38)16-19-8-14-22(43-3)15-9-19/h8-15,18H,4-7,16-17H2,1-3H3,(H,32,38)(H,33,39). The van der Waals surface area contributed by atoms with Crippen molar-refractivity contribution in [2.24, 2.45) is 0 Å². The van der Waals surface area contributed by atoms with Crippen LogP contribution >= 0.6 is 23.1 Å². The van der Waals surface area contributed by atoms with Gasteiger partial charge in [0, 0.05) is 22.7 Å². The number of non-ortho nitro benzene ring substituents is 1. The average Bonchev–Trinajstić information content (AvgIpc) is 3.75. The largest absolute Gasteiger partial charge is 0.497 e. The molecule has 2 N–H and O–H groups in total. The Hall–Kier alpha value is -4.76. The van der Waals surface area contributed by atoms with Crippen molar-refractivity contribution in [3.8, 4) is 11.4 Å². The summed E-state index contributed by atoms with van der Waals surface area (Å²) in [4.78, 5) is 50.8. The number of fused-ring (bicyclic) bond motifs is 1. The van der Waals surface area contributed by atoms with E-state index in [4.69, 9.17) is 9.47 Å². The van der Waals surface area contributed by atoms with E-state index in [0.29, 0.717) is 33.0 Å². The second-order valence-electron chi connectivity index (χ2n) is 10.3. The highest BCUT2D eigenvalue weighted by atomic mass is 32.2.